The zero-order chi connectivity index (χ0) is 8.44. The Bertz CT molecular complexity index is 136. The van der Waals surface area contributed by atoms with Gasteiger partial charge >= 0.3 is 86.0 Å². The van der Waals surface area contributed by atoms with Crippen LogP contribution in [-0.4, -0.2) is 40.7 Å². The summed E-state index contributed by atoms with van der Waals surface area (Å²) < 4.78 is 4.81. The molecule has 0 aromatic rings. The molecule has 0 aromatic heterocycles. The Hall–Kier alpha value is 1.24. The van der Waals surface area contributed by atoms with Crippen molar-refractivity contribution in [2.75, 3.05) is 19.6 Å². The van der Waals surface area contributed by atoms with Crippen molar-refractivity contribution in [2.24, 2.45) is 0 Å². The van der Waals surface area contributed by atoms with E-state index in [0.717, 1.165) is 0 Å². The van der Waals surface area contributed by atoms with Crippen molar-refractivity contribution < 1.29 is 0 Å². The molecular formula is C9H18BrNSn. The summed E-state index contributed by atoms with van der Waals surface area (Å²) in [5.74, 6) is 0. The molecular weight excluding hydrogens is 321 g/mol. The third-order valence-corrected chi connectivity index (χ3v) is 22.0. The minimum absolute atomic E-state index is 1.39. The van der Waals surface area contributed by atoms with Gasteiger partial charge in [0.05, 0.1) is 0 Å². The topological polar surface area (TPSA) is 3.24 Å². The summed E-state index contributed by atoms with van der Waals surface area (Å²) in [6, 6.07) is 0. The van der Waals surface area contributed by atoms with Gasteiger partial charge in [0.15, 0.2) is 0 Å². The van der Waals surface area contributed by atoms with Crippen molar-refractivity contribution >= 4 is 28.9 Å². The Kier molecular flexibility index (Phi) is 3.40. The number of fused-ring (bicyclic) bond motifs is 6. The quantitative estimate of drug-likeness (QED) is 0.614. The molecule has 0 aliphatic carbocycles. The molecule has 0 N–H and O–H groups in total. The Morgan fingerprint density at radius 1 is 0.833 bits per heavy atom. The summed E-state index contributed by atoms with van der Waals surface area (Å²) in [6.45, 7) is 4.18. The second-order valence-corrected chi connectivity index (χ2v) is 26.4. The van der Waals surface area contributed by atoms with Gasteiger partial charge in [-0.15, -0.1) is 0 Å². The summed E-state index contributed by atoms with van der Waals surface area (Å²) in [4.78, 5) is 2.68. The van der Waals surface area contributed by atoms with E-state index in [4.69, 9.17) is 0 Å². The first-order valence-corrected chi connectivity index (χ1v) is 17.7. The Morgan fingerprint density at radius 3 is 1.67 bits per heavy atom. The van der Waals surface area contributed by atoms with Gasteiger partial charge in [-0.05, 0) is 0 Å². The van der Waals surface area contributed by atoms with E-state index in [1.54, 1.807) is 13.3 Å². The zero-order valence-electron chi connectivity index (χ0n) is 7.69. The fourth-order valence-electron chi connectivity index (χ4n) is 2.57. The van der Waals surface area contributed by atoms with Crippen LogP contribution in [0.3, 0.4) is 0 Å². The molecule has 0 atom stereocenters. The molecule has 0 amide bonds. The molecule has 1 nitrogen and oxygen atoms in total. The summed E-state index contributed by atoms with van der Waals surface area (Å²) in [7, 11) is 0. The van der Waals surface area contributed by atoms with Gasteiger partial charge in [0.2, 0.25) is 0 Å². The SMILES string of the molecule is [Br][Sn]12[CH2]CCN(CC[CH2]1)CC[CH2]2. The molecule has 3 aliphatic rings. The molecule has 12 heavy (non-hydrogen) atoms. The second-order valence-electron chi connectivity index (χ2n) is 4.30. The molecule has 0 saturated carbocycles. The molecule has 3 rings (SSSR count). The van der Waals surface area contributed by atoms with Gasteiger partial charge in [0.25, 0.3) is 0 Å². The molecule has 0 radical (unpaired) electrons. The number of hydrogen-bond donors (Lipinski definition) is 0. The minimum atomic E-state index is -1.62. The standard InChI is InChI=1S/C9H18N.BrH.Sn/c1-4-7-10(8-5-2)9-6-3;;/h1-9H2;1H;/q;;+1/p-1. The number of hydrogen-bond acceptors (Lipinski definition) is 1. The first-order chi connectivity index (χ1) is 5.79. The molecule has 2 bridgehead atoms. The molecule has 70 valence electrons. The number of halogens is 1. The predicted molar refractivity (Wildman–Crippen MR) is 59.4 cm³/mol. The molecule has 0 unspecified atom stereocenters. The second kappa shape index (κ2) is 4.18. The van der Waals surface area contributed by atoms with Crippen LogP contribution in [0.25, 0.3) is 0 Å². The van der Waals surface area contributed by atoms with Crippen LogP contribution < -0.4 is 0 Å². The Balaban J connectivity index is 2.06. The molecule has 3 aliphatic heterocycles. The van der Waals surface area contributed by atoms with E-state index >= 15 is 0 Å². The van der Waals surface area contributed by atoms with E-state index in [1.807, 2.05) is 0 Å². The third kappa shape index (κ3) is 2.38. The van der Waals surface area contributed by atoms with Crippen molar-refractivity contribution in [1.82, 2.24) is 4.90 Å². The fraction of sp³-hybridized carbons (Fsp3) is 1.00. The van der Waals surface area contributed by atoms with Gasteiger partial charge in [-0.2, -0.15) is 0 Å². The maximum atomic E-state index is 4.16. The van der Waals surface area contributed by atoms with Gasteiger partial charge in [-0.25, -0.2) is 0 Å². The molecule has 3 saturated heterocycles. The average Bonchev–Trinajstić information content (AvgIpc) is 1.93. The predicted octanol–water partition coefficient (Wildman–Crippen LogP) is 2.83. The number of nitrogens with zero attached hydrogens (tertiary/aromatic N) is 1. The molecule has 3 heteroatoms. The Labute approximate surface area is 85.5 Å². The van der Waals surface area contributed by atoms with Gasteiger partial charge in [0, 0.05) is 0 Å². The van der Waals surface area contributed by atoms with Gasteiger partial charge in [-0.3, -0.25) is 0 Å². The van der Waals surface area contributed by atoms with Crippen LogP contribution in [-0.2, 0) is 0 Å². The van der Waals surface area contributed by atoms with Gasteiger partial charge < -0.3 is 0 Å². The van der Waals surface area contributed by atoms with Gasteiger partial charge in [0.1, 0.15) is 0 Å². The van der Waals surface area contributed by atoms with Crippen molar-refractivity contribution in [2.45, 2.75) is 32.6 Å². The first kappa shape index (κ1) is 9.78. The maximum absolute atomic E-state index is 4.16. The van der Waals surface area contributed by atoms with Crippen LogP contribution in [0.2, 0.25) is 13.3 Å². The summed E-state index contributed by atoms with van der Waals surface area (Å²) in [5, 5.41) is 0. The summed E-state index contributed by atoms with van der Waals surface area (Å²) in [5.41, 5.74) is 0. The molecule has 3 fully saturated rings. The van der Waals surface area contributed by atoms with Crippen molar-refractivity contribution in [1.29, 1.82) is 0 Å². The summed E-state index contributed by atoms with van der Waals surface area (Å²) in [6.07, 6.45) is 4.46. The van der Waals surface area contributed by atoms with E-state index in [2.05, 4.69) is 17.6 Å². The van der Waals surface area contributed by atoms with Crippen LogP contribution in [0, 0.1) is 0 Å². The van der Waals surface area contributed by atoms with Crippen LogP contribution in [0.1, 0.15) is 19.3 Å². The monoisotopic (exact) mass is 339 g/mol. The molecule has 0 aromatic carbocycles. The molecule has 3 heterocycles. The van der Waals surface area contributed by atoms with E-state index in [1.165, 1.54) is 38.9 Å². The van der Waals surface area contributed by atoms with Crippen molar-refractivity contribution in [3.8, 4) is 0 Å². The fourth-order valence-corrected chi connectivity index (χ4v) is 17.1. The van der Waals surface area contributed by atoms with E-state index < -0.39 is 16.2 Å². The van der Waals surface area contributed by atoms with Crippen molar-refractivity contribution in [3.05, 3.63) is 0 Å². The summed E-state index contributed by atoms with van der Waals surface area (Å²) >= 11 is 2.53. The molecule has 0 spiro atoms. The zero-order valence-corrected chi connectivity index (χ0v) is 12.1. The van der Waals surface area contributed by atoms with Crippen LogP contribution in [0.5, 0.6) is 0 Å². The normalized spacial score (nSPS) is 43.2. The van der Waals surface area contributed by atoms with E-state index in [9.17, 15) is 0 Å². The van der Waals surface area contributed by atoms with E-state index in [0.29, 0.717) is 0 Å². The van der Waals surface area contributed by atoms with Crippen LogP contribution in [0.4, 0.5) is 0 Å². The van der Waals surface area contributed by atoms with Crippen LogP contribution in [0.15, 0.2) is 0 Å². The average molecular weight is 339 g/mol. The van der Waals surface area contributed by atoms with Crippen molar-refractivity contribution in [3.63, 3.8) is 0 Å². The van der Waals surface area contributed by atoms with E-state index in [-0.39, 0.29) is 0 Å². The third-order valence-electron chi connectivity index (χ3n) is 3.30. The Morgan fingerprint density at radius 2 is 1.25 bits per heavy atom. The first-order valence-electron chi connectivity index (χ1n) is 5.20. The number of rotatable bonds is 0. The van der Waals surface area contributed by atoms with Crippen LogP contribution >= 0.6 is 12.7 Å². The van der Waals surface area contributed by atoms with Gasteiger partial charge in [-0.1, -0.05) is 0 Å².